The zero-order valence-electron chi connectivity index (χ0n) is 15.6. The summed E-state index contributed by atoms with van der Waals surface area (Å²) in [6, 6.07) is 8.81. The van der Waals surface area contributed by atoms with Crippen molar-refractivity contribution in [2.75, 3.05) is 46.4 Å². The van der Waals surface area contributed by atoms with Gasteiger partial charge in [0.05, 0.1) is 13.2 Å². The molecule has 1 aliphatic heterocycles. The Balaban J connectivity index is 1.72. The van der Waals surface area contributed by atoms with Crippen LogP contribution in [-0.2, 0) is 16.7 Å². The predicted molar refractivity (Wildman–Crippen MR) is 101 cm³/mol. The van der Waals surface area contributed by atoms with Gasteiger partial charge in [-0.1, -0.05) is 45.0 Å². The summed E-state index contributed by atoms with van der Waals surface area (Å²) in [5, 5.41) is 6.76. The van der Waals surface area contributed by atoms with Gasteiger partial charge in [0.25, 0.3) is 0 Å². The second kappa shape index (κ2) is 9.04. The van der Waals surface area contributed by atoms with Gasteiger partial charge >= 0.3 is 0 Å². The zero-order chi connectivity index (χ0) is 17.4. The fourth-order valence-electron chi connectivity index (χ4n) is 2.69. The summed E-state index contributed by atoms with van der Waals surface area (Å²) in [7, 11) is 1.81. The number of nitrogens with zero attached hydrogens (tertiary/aromatic N) is 2. The molecule has 1 heterocycles. The molecule has 5 heteroatoms. The Morgan fingerprint density at radius 2 is 1.79 bits per heavy atom. The van der Waals surface area contributed by atoms with Crippen LogP contribution in [0, 0.1) is 0 Å². The number of ether oxygens (including phenoxy) is 1. The Hall–Kier alpha value is -1.59. The highest BCUT2D eigenvalue weighted by Crippen LogP contribution is 2.22. The van der Waals surface area contributed by atoms with Crippen LogP contribution < -0.4 is 10.6 Å². The van der Waals surface area contributed by atoms with Crippen LogP contribution in [0.4, 0.5) is 0 Å². The molecule has 0 saturated carbocycles. The van der Waals surface area contributed by atoms with Crippen molar-refractivity contribution in [1.82, 2.24) is 15.5 Å². The summed E-state index contributed by atoms with van der Waals surface area (Å²) in [5.41, 5.74) is 2.82. The van der Waals surface area contributed by atoms with Crippen LogP contribution in [-0.4, -0.2) is 57.3 Å². The topological polar surface area (TPSA) is 48.9 Å². The molecule has 24 heavy (non-hydrogen) atoms. The molecule has 0 bridgehead atoms. The number of hydrogen-bond acceptors (Lipinski definition) is 3. The van der Waals surface area contributed by atoms with Crippen molar-refractivity contribution >= 4 is 5.96 Å². The van der Waals surface area contributed by atoms with E-state index in [1.165, 1.54) is 11.1 Å². The maximum atomic E-state index is 5.37. The SMILES string of the molecule is CN=C(NCCN1CCOCC1)NCc1ccc(C(C)(C)C)cc1. The first kappa shape index (κ1) is 18.7. The van der Waals surface area contributed by atoms with E-state index in [4.69, 9.17) is 4.74 Å². The highest BCUT2D eigenvalue weighted by atomic mass is 16.5. The maximum Gasteiger partial charge on any atom is 0.191 e. The molecule has 0 spiro atoms. The van der Waals surface area contributed by atoms with E-state index in [0.717, 1.165) is 51.9 Å². The molecule has 0 aliphatic carbocycles. The maximum absolute atomic E-state index is 5.37. The second-order valence-electron chi connectivity index (χ2n) is 7.25. The van der Waals surface area contributed by atoms with E-state index in [1.807, 2.05) is 7.05 Å². The fraction of sp³-hybridized carbons (Fsp3) is 0.632. The minimum atomic E-state index is 0.197. The Morgan fingerprint density at radius 1 is 1.12 bits per heavy atom. The standard InChI is InChI=1S/C19H32N4O/c1-19(2,3)17-7-5-16(6-8-17)15-22-18(20-4)21-9-10-23-11-13-24-14-12-23/h5-8H,9-15H2,1-4H3,(H2,20,21,22). The smallest absolute Gasteiger partial charge is 0.191 e. The van der Waals surface area contributed by atoms with Crippen LogP contribution in [0.1, 0.15) is 31.9 Å². The molecule has 134 valence electrons. The van der Waals surface area contributed by atoms with Crippen LogP contribution in [0.15, 0.2) is 29.3 Å². The Labute approximate surface area is 146 Å². The van der Waals surface area contributed by atoms with Crippen LogP contribution in [0.3, 0.4) is 0 Å². The molecule has 1 aromatic carbocycles. The van der Waals surface area contributed by atoms with E-state index in [2.05, 4.69) is 65.6 Å². The van der Waals surface area contributed by atoms with Crippen molar-refractivity contribution in [3.8, 4) is 0 Å². The molecule has 1 aliphatic rings. The van der Waals surface area contributed by atoms with Crippen LogP contribution in [0.5, 0.6) is 0 Å². The first-order valence-electron chi connectivity index (χ1n) is 8.83. The number of morpholine rings is 1. The van der Waals surface area contributed by atoms with Crippen molar-refractivity contribution in [3.63, 3.8) is 0 Å². The molecule has 0 atom stereocenters. The predicted octanol–water partition coefficient (Wildman–Crippen LogP) is 1.98. The number of nitrogens with one attached hydrogen (secondary N) is 2. The third kappa shape index (κ3) is 6.13. The van der Waals surface area contributed by atoms with Gasteiger partial charge in [0, 0.05) is 39.8 Å². The number of benzene rings is 1. The lowest BCUT2D eigenvalue weighted by atomic mass is 9.87. The van der Waals surface area contributed by atoms with Crippen molar-refractivity contribution < 1.29 is 4.74 Å². The lowest BCUT2D eigenvalue weighted by molar-refractivity contribution is 0.0389. The number of rotatable bonds is 5. The molecule has 1 saturated heterocycles. The van der Waals surface area contributed by atoms with Crippen LogP contribution in [0.25, 0.3) is 0 Å². The van der Waals surface area contributed by atoms with Gasteiger partial charge in [0.1, 0.15) is 0 Å². The minimum absolute atomic E-state index is 0.197. The summed E-state index contributed by atoms with van der Waals surface area (Å²) < 4.78 is 5.37. The van der Waals surface area contributed by atoms with Gasteiger partial charge in [-0.25, -0.2) is 0 Å². The molecule has 0 radical (unpaired) electrons. The Kier molecular flexibility index (Phi) is 7.06. The van der Waals surface area contributed by atoms with Gasteiger partial charge in [-0.3, -0.25) is 9.89 Å². The third-order valence-electron chi connectivity index (χ3n) is 4.33. The van der Waals surface area contributed by atoms with Crippen LogP contribution in [0.2, 0.25) is 0 Å². The van der Waals surface area contributed by atoms with Crippen molar-refractivity contribution in [2.45, 2.75) is 32.7 Å². The largest absolute Gasteiger partial charge is 0.379 e. The lowest BCUT2D eigenvalue weighted by Gasteiger charge is -2.26. The average Bonchev–Trinajstić information content (AvgIpc) is 2.58. The lowest BCUT2D eigenvalue weighted by Crippen LogP contribution is -2.44. The monoisotopic (exact) mass is 332 g/mol. The minimum Gasteiger partial charge on any atom is -0.379 e. The van der Waals surface area contributed by atoms with Crippen molar-refractivity contribution in [2.24, 2.45) is 4.99 Å². The molecular formula is C19H32N4O. The third-order valence-corrected chi connectivity index (χ3v) is 4.33. The summed E-state index contributed by atoms with van der Waals surface area (Å²) >= 11 is 0. The molecule has 0 unspecified atom stereocenters. The average molecular weight is 332 g/mol. The fourth-order valence-corrected chi connectivity index (χ4v) is 2.69. The summed E-state index contributed by atoms with van der Waals surface area (Å²) in [4.78, 5) is 6.71. The van der Waals surface area contributed by atoms with Gasteiger partial charge in [0.2, 0.25) is 0 Å². The van der Waals surface area contributed by atoms with Gasteiger partial charge in [-0.2, -0.15) is 0 Å². The van der Waals surface area contributed by atoms with E-state index in [0.29, 0.717) is 0 Å². The molecule has 0 amide bonds. The van der Waals surface area contributed by atoms with E-state index >= 15 is 0 Å². The Morgan fingerprint density at radius 3 is 2.38 bits per heavy atom. The first-order chi connectivity index (χ1) is 11.5. The van der Waals surface area contributed by atoms with Gasteiger partial charge in [-0.05, 0) is 16.5 Å². The molecular weight excluding hydrogens is 300 g/mol. The first-order valence-corrected chi connectivity index (χ1v) is 8.83. The molecule has 1 fully saturated rings. The number of aliphatic imine (C=N–C) groups is 1. The Bertz CT molecular complexity index is 513. The van der Waals surface area contributed by atoms with E-state index in [1.54, 1.807) is 0 Å². The zero-order valence-corrected chi connectivity index (χ0v) is 15.6. The molecule has 2 rings (SSSR count). The van der Waals surface area contributed by atoms with Crippen molar-refractivity contribution in [3.05, 3.63) is 35.4 Å². The molecule has 1 aromatic rings. The highest BCUT2D eigenvalue weighted by molar-refractivity contribution is 5.79. The quantitative estimate of drug-likeness (QED) is 0.639. The van der Waals surface area contributed by atoms with Crippen molar-refractivity contribution in [1.29, 1.82) is 0 Å². The summed E-state index contributed by atoms with van der Waals surface area (Å²) in [5.74, 6) is 0.850. The van der Waals surface area contributed by atoms with Crippen LogP contribution >= 0.6 is 0 Å². The van der Waals surface area contributed by atoms with Gasteiger partial charge in [-0.15, -0.1) is 0 Å². The molecule has 0 aromatic heterocycles. The summed E-state index contributed by atoms with van der Waals surface area (Å²) in [6.45, 7) is 13.1. The normalized spacial score (nSPS) is 16.9. The van der Waals surface area contributed by atoms with E-state index in [9.17, 15) is 0 Å². The van der Waals surface area contributed by atoms with E-state index < -0.39 is 0 Å². The van der Waals surface area contributed by atoms with Gasteiger partial charge in [0.15, 0.2) is 5.96 Å². The molecule has 5 nitrogen and oxygen atoms in total. The second-order valence-corrected chi connectivity index (χ2v) is 7.25. The molecule has 2 N–H and O–H groups in total. The number of hydrogen-bond donors (Lipinski definition) is 2. The van der Waals surface area contributed by atoms with E-state index in [-0.39, 0.29) is 5.41 Å². The van der Waals surface area contributed by atoms with Gasteiger partial charge < -0.3 is 15.4 Å². The highest BCUT2D eigenvalue weighted by Gasteiger charge is 2.13. The summed E-state index contributed by atoms with van der Waals surface area (Å²) in [6.07, 6.45) is 0. The number of guanidine groups is 1.